The molecule has 1 fully saturated rings. The monoisotopic (exact) mass is 325 g/mol. The lowest BCUT2D eigenvalue weighted by Crippen LogP contribution is -2.35. The zero-order chi connectivity index (χ0) is 13.8. The summed E-state index contributed by atoms with van der Waals surface area (Å²) in [4.78, 5) is 13.7. The summed E-state index contributed by atoms with van der Waals surface area (Å²) in [5.74, 6) is 0.0711. The summed E-state index contributed by atoms with van der Waals surface area (Å²) in [6, 6.07) is 6.22. The topological polar surface area (TPSA) is 40.5 Å². The molecule has 0 unspecified atom stereocenters. The van der Waals surface area contributed by atoms with Crippen LogP contribution in [0.3, 0.4) is 0 Å². The molecule has 104 valence electrons. The van der Waals surface area contributed by atoms with E-state index in [9.17, 15) is 9.90 Å². The molecule has 1 saturated carbocycles. The van der Waals surface area contributed by atoms with Crippen LogP contribution in [0.5, 0.6) is 0 Å². The van der Waals surface area contributed by atoms with Crippen LogP contribution in [0.4, 0.5) is 5.69 Å². The van der Waals surface area contributed by atoms with E-state index in [1.54, 1.807) is 6.92 Å². The minimum atomic E-state index is 0.0711. The first-order valence-corrected chi connectivity index (χ1v) is 7.60. The van der Waals surface area contributed by atoms with Gasteiger partial charge in [0.2, 0.25) is 0 Å². The summed E-state index contributed by atoms with van der Waals surface area (Å²) >= 11 is 3.56. The van der Waals surface area contributed by atoms with Crippen molar-refractivity contribution in [1.29, 1.82) is 0 Å². The molecule has 0 radical (unpaired) electrons. The summed E-state index contributed by atoms with van der Waals surface area (Å²) in [7, 11) is 0. The summed E-state index contributed by atoms with van der Waals surface area (Å²) in [5.41, 5.74) is 1.79. The van der Waals surface area contributed by atoms with Gasteiger partial charge >= 0.3 is 0 Å². The van der Waals surface area contributed by atoms with Crippen molar-refractivity contribution in [3.05, 3.63) is 28.2 Å². The van der Waals surface area contributed by atoms with Gasteiger partial charge in [0.25, 0.3) is 0 Å². The molecule has 1 aromatic carbocycles. The SMILES string of the molecule is CC(=O)c1ccc(N(CCO)C2CCCC2)c(Br)c1. The van der Waals surface area contributed by atoms with E-state index >= 15 is 0 Å². The van der Waals surface area contributed by atoms with E-state index < -0.39 is 0 Å². The Bertz CT molecular complexity index is 455. The van der Waals surface area contributed by atoms with Crippen LogP contribution in [0.15, 0.2) is 22.7 Å². The quantitative estimate of drug-likeness (QED) is 0.843. The molecule has 0 spiro atoms. The van der Waals surface area contributed by atoms with Crippen molar-refractivity contribution in [2.45, 2.75) is 38.6 Å². The van der Waals surface area contributed by atoms with Crippen LogP contribution >= 0.6 is 15.9 Å². The summed E-state index contributed by atoms with van der Waals surface area (Å²) in [6.07, 6.45) is 4.88. The van der Waals surface area contributed by atoms with Crippen LogP contribution in [0.25, 0.3) is 0 Å². The Morgan fingerprint density at radius 3 is 2.63 bits per heavy atom. The molecule has 3 nitrogen and oxygen atoms in total. The van der Waals surface area contributed by atoms with Gasteiger partial charge in [0.05, 0.1) is 12.3 Å². The van der Waals surface area contributed by atoms with Gasteiger partial charge in [-0.3, -0.25) is 4.79 Å². The van der Waals surface area contributed by atoms with Crippen LogP contribution in [-0.2, 0) is 0 Å². The molecule has 0 aliphatic heterocycles. The van der Waals surface area contributed by atoms with E-state index in [1.807, 2.05) is 18.2 Å². The third kappa shape index (κ3) is 3.37. The molecule has 19 heavy (non-hydrogen) atoms. The van der Waals surface area contributed by atoms with E-state index in [2.05, 4.69) is 20.8 Å². The zero-order valence-electron chi connectivity index (χ0n) is 11.2. The van der Waals surface area contributed by atoms with Gasteiger partial charge in [-0.05, 0) is 53.9 Å². The number of carbonyl (C=O) groups is 1. The number of halogens is 1. The molecule has 0 saturated heterocycles. The van der Waals surface area contributed by atoms with E-state index in [1.165, 1.54) is 25.7 Å². The molecular formula is C15H20BrNO2. The smallest absolute Gasteiger partial charge is 0.159 e. The zero-order valence-corrected chi connectivity index (χ0v) is 12.8. The molecule has 1 aromatic rings. The fraction of sp³-hybridized carbons (Fsp3) is 0.533. The Kier molecular flexibility index (Phi) is 4.99. The average molecular weight is 326 g/mol. The van der Waals surface area contributed by atoms with Gasteiger partial charge in [0.1, 0.15) is 0 Å². The largest absolute Gasteiger partial charge is 0.395 e. The predicted octanol–water partition coefficient (Wildman–Crippen LogP) is 3.39. The number of carbonyl (C=O) groups excluding carboxylic acids is 1. The van der Waals surface area contributed by atoms with E-state index in [0.717, 1.165) is 10.2 Å². The summed E-state index contributed by atoms with van der Waals surface area (Å²) in [6.45, 7) is 2.37. The van der Waals surface area contributed by atoms with Crippen LogP contribution in [0, 0.1) is 0 Å². The van der Waals surface area contributed by atoms with E-state index in [4.69, 9.17) is 0 Å². The van der Waals surface area contributed by atoms with Gasteiger partial charge < -0.3 is 10.0 Å². The maximum Gasteiger partial charge on any atom is 0.159 e. The Labute approximate surface area is 122 Å². The van der Waals surface area contributed by atoms with Gasteiger partial charge in [0.15, 0.2) is 5.78 Å². The van der Waals surface area contributed by atoms with Crippen LogP contribution in [0.2, 0.25) is 0 Å². The number of ketones is 1. The van der Waals surface area contributed by atoms with Crippen LogP contribution in [0.1, 0.15) is 43.0 Å². The van der Waals surface area contributed by atoms with Crippen molar-refractivity contribution in [3.63, 3.8) is 0 Å². The van der Waals surface area contributed by atoms with Gasteiger partial charge in [-0.1, -0.05) is 12.8 Å². The highest BCUT2D eigenvalue weighted by Crippen LogP contribution is 2.33. The maximum absolute atomic E-state index is 11.4. The van der Waals surface area contributed by atoms with Crippen molar-refractivity contribution in [1.82, 2.24) is 0 Å². The van der Waals surface area contributed by atoms with Gasteiger partial charge in [0, 0.05) is 22.6 Å². The van der Waals surface area contributed by atoms with Gasteiger partial charge in [-0.2, -0.15) is 0 Å². The number of anilines is 1. The molecule has 2 rings (SSSR count). The number of benzene rings is 1. The number of hydrogen-bond donors (Lipinski definition) is 1. The molecule has 0 aromatic heterocycles. The number of aliphatic hydroxyl groups excluding tert-OH is 1. The number of Topliss-reactive ketones (excluding diaryl/α,β-unsaturated/α-hetero) is 1. The summed E-state index contributed by atoms with van der Waals surface area (Å²) in [5, 5.41) is 9.28. The highest BCUT2D eigenvalue weighted by Gasteiger charge is 2.24. The predicted molar refractivity (Wildman–Crippen MR) is 80.8 cm³/mol. The van der Waals surface area contributed by atoms with Gasteiger partial charge in [-0.15, -0.1) is 0 Å². The lowest BCUT2D eigenvalue weighted by molar-refractivity contribution is 0.101. The lowest BCUT2D eigenvalue weighted by Gasteiger charge is -2.31. The molecule has 0 amide bonds. The minimum absolute atomic E-state index is 0.0711. The van der Waals surface area contributed by atoms with Crippen molar-refractivity contribution < 1.29 is 9.90 Å². The molecule has 0 atom stereocenters. The van der Waals surface area contributed by atoms with Crippen molar-refractivity contribution >= 4 is 27.4 Å². The van der Waals surface area contributed by atoms with Crippen molar-refractivity contribution in [3.8, 4) is 0 Å². The molecule has 0 heterocycles. The Morgan fingerprint density at radius 2 is 2.11 bits per heavy atom. The number of hydrogen-bond acceptors (Lipinski definition) is 3. The standard InChI is InChI=1S/C15H20BrNO2/c1-11(19)12-6-7-15(14(16)10-12)17(8-9-18)13-4-2-3-5-13/h6-7,10,13,18H,2-5,8-9H2,1H3. The first-order valence-electron chi connectivity index (χ1n) is 6.81. The van der Waals surface area contributed by atoms with Crippen molar-refractivity contribution in [2.24, 2.45) is 0 Å². The molecule has 1 aliphatic rings. The molecule has 4 heteroatoms. The van der Waals surface area contributed by atoms with Crippen LogP contribution < -0.4 is 4.90 Å². The third-order valence-corrected chi connectivity index (χ3v) is 4.41. The lowest BCUT2D eigenvalue weighted by atomic mass is 10.1. The molecule has 1 aliphatic carbocycles. The maximum atomic E-state index is 11.4. The van der Waals surface area contributed by atoms with Crippen molar-refractivity contribution in [2.75, 3.05) is 18.1 Å². The van der Waals surface area contributed by atoms with Crippen LogP contribution in [-0.4, -0.2) is 30.1 Å². The normalized spacial score (nSPS) is 15.7. The Hall–Kier alpha value is -0.870. The fourth-order valence-corrected chi connectivity index (χ4v) is 3.39. The average Bonchev–Trinajstić information content (AvgIpc) is 2.90. The Morgan fingerprint density at radius 1 is 1.42 bits per heavy atom. The number of rotatable bonds is 5. The highest BCUT2D eigenvalue weighted by atomic mass is 79.9. The number of aliphatic hydroxyl groups is 1. The second-order valence-electron chi connectivity index (χ2n) is 5.08. The molecule has 1 N–H and O–H groups in total. The first kappa shape index (κ1) is 14.5. The second kappa shape index (κ2) is 6.53. The Balaban J connectivity index is 2.28. The van der Waals surface area contributed by atoms with Gasteiger partial charge in [-0.25, -0.2) is 0 Å². The van der Waals surface area contributed by atoms with E-state index in [0.29, 0.717) is 18.2 Å². The molecule has 0 bridgehead atoms. The molecular weight excluding hydrogens is 306 g/mol. The van der Waals surface area contributed by atoms with E-state index in [-0.39, 0.29) is 12.4 Å². The second-order valence-corrected chi connectivity index (χ2v) is 5.93. The first-order chi connectivity index (χ1) is 9.13. The highest BCUT2D eigenvalue weighted by molar-refractivity contribution is 9.10. The fourth-order valence-electron chi connectivity index (χ4n) is 2.78. The minimum Gasteiger partial charge on any atom is -0.395 e. The third-order valence-electron chi connectivity index (χ3n) is 3.77. The number of nitrogens with zero attached hydrogens (tertiary/aromatic N) is 1. The summed E-state index contributed by atoms with van der Waals surface area (Å²) < 4.78 is 0.931.